The van der Waals surface area contributed by atoms with Gasteiger partial charge in [0, 0.05) is 11.6 Å². The lowest BCUT2D eigenvalue weighted by Crippen LogP contribution is -2.29. The van der Waals surface area contributed by atoms with Crippen LogP contribution in [-0.2, 0) is 12.8 Å². The molecule has 1 aromatic heterocycles. The first-order chi connectivity index (χ1) is 13.6. The molecule has 0 saturated heterocycles. The van der Waals surface area contributed by atoms with Crippen LogP contribution in [0, 0.1) is 5.82 Å². The van der Waals surface area contributed by atoms with Crippen molar-refractivity contribution in [3.05, 3.63) is 76.8 Å². The molecule has 0 atom stereocenters. The number of rotatable bonds is 7. The van der Waals surface area contributed by atoms with Gasteiger partial charge in [-0.1, -0.05) is 37.1 Å². The molecular weight excluding hydrogens is 381 g/mol. The lowest BCUT2D eigenvalue weighted by atomic mass is 10.1. The molecule has 3 rings (SSSR count). The summed E-state index contributed by atoms with van der Waals surface area (Å²) in [6, 6.07) is 13.6. The van der Waals surface area contributed by atoms with E-state index in [2.05, 4.69) is 10.4 Å². The van der Waals surface area contributed by atoms with E-state index >= 15 is 0 Å². The second kappa shape index (κ2) is 9.37. The van der Waals surface area contributed by atoms with Crippen LogP contribution in [0.2, 0.25) is 5.02 Å². The summed E-state index contributed by atoms with van der Waals surface area (Å²) in [5, 5.41) is 7.68. The van der Waals surface area contributed by atoms with E-state index in [1.807, 2.05) is 25.1 Å². The third-order valence-electron chi connectivity index (χ3n) is 4.16. The number of hydrogen-bond donors (Lipinski definition) is 1. The normalized spacial score (nSPS) is 10.7. The smallest absolute Gasteiger partial charge is 0.407 e. The van der Waals surface area contributed by atoms with Crippen molar-refractivity contribution < 1.29 is 13.9 Å². The Morgan fingerprint density at radius 1 is 1.21 bits per heavy atom. The molecule has 1 N–H and O–H groups in total. The van der Waals surface area contributed by atoms with E-state index in [1.165, 1.54) is 18.3 Å². The topological polar surface area (TPSA) is 56.1 Å². The van der Waals surface area contributed by atoms with Crippen LogP contribution in [0.5, 0.6) is 5.75 Å². The second-order valence-corrected chi connectivity index (χ2v) is 6.73. The Labute approximate surface area is 168 Å². The largest absolute Gasteiger partial charge is 0.412 e. The monoisotopic (exact) mass is 401 g/mol. The van der Waals surface area contributed by atoms with E-state index < -0.39 is 6.09 Å². The molecule has 0 aliphatic rings. The van der Waals surface area contributed by atoms with E-state index in [4.69, 9.17) is 16.3 Å². The minimum Gasteiger partial charge on any atom is -0.407 e. The number of nitrogens with one attached hydrogen (secondary N) is 1. The molecule has 28 heavy (non-hydrogen) atoms. The van der Waals surface area contributed by atoms with Crippen molar-refractivity contribution in [3.63, 3.8) is 0 Å². The molecule has 146 valence electrons. The SMILES string of the molecule is CCCc1c(OC(=O)NCCc2cccc(F)c2)cnn1-c1ccc(Cl)cc1. The predicted molar refractivity (Wildman–Crippen MR) is 107 cm³/mol. The Balaban J connectivity index is 1.64. The highest BCUT2D eigenvalue weighted by molar-refractivity contribution is 6.30. The molecular formula is C21H21ClFN3O2. The first-order valence-corrected chi connectivity index (χ1v) is 9.47. The van der Waals surface area contributed by atoms with E-state index in [0.29, 0.717) is 30.2 Å². The van der Waals surface area contributed by atoms with Gasteiger partial charge in [0.2, 0.25) is 0 Å². The average molecular weight is 402 g/mol. The summed E-state index contributed by atoms with van der Waals surface area (Å²) in [5.41, 5.74) is 2.46. The first-order valence-electron chi connectivity index (χ1n) is 9.09. The van der Waals surface area contributed by atoms with Gasteiger partial charge in [0.05, 0.1) is 17.6 Å². The van der Waals surface area contributed by atoms with Gasteiger partial charge in [-0.25, -0.2) is 13.9 Å². The van der Waals surface area contributed by atoms with Crippen molar-refractivity contribution >= 4 is 17.7 Å². The van der Waals surface area contributed by atoms with E-state index in [9.17, 15) is 9.18 Å². The van der Waals surface area contributed by atoms with Crippen molar-refractivity contribution in [2.45, 2.75) is 26.2 Å². The molecule has 0 unspecified atom stereocenters. The van der Waals surface area contributed by atoms with Crippen LogP contribution in [0.15, 0.2) is 54.7 Å². The van der Waals surface area contributed by atoms with E-state index in [0.717, 1.165) is 23.4 Å². The molecule has 0 fully saturated rings. The molecule has 0 spiro atoms. The fraction of sp³-hybridized carbons (Fsp3) is 0.238. The molecule has 5 nitrogen and oxygen atoms in total. The highest BCUT2D eigenvalue weighted by Crippen LogP contribution is 2.24. The van der Waals surface area contributed by atoms with Crippen LogP contribution >= 0.6 is 11.6 Å². The van der Waals surface area contributed by atoms with Gasteiger partial charge in [0.15, 0.2) is 5.75 Å². The summed E-state index contributed by atoms with van der Waals surface area (Å²) in [6.45, 7) is 2.39. The second-order valence-electron chi connectivity index (χ2n) is 6.29. The quantitative estimate of drug-likeness (QED) is 0.609. The Kier molecular flexibility index (Phi) is 6.66. The number of hydrogen-bond acceptors (Lipinski definition) is 3. The maximum absolute atomic E-state index is 13.2. The fourth-order valence-corrected chi connectivity index (χ4v) is 2.98. The third-order valence-corrected chi connectivity index (χ3v) is 4.42. The summed E-state index contributed by atoms with van der Waals surface area (Å²) in [6.07, 6.45) is 3.06. The van der Waals surface area contributed by atoms with Crippen LogP contribution in [0.1, 0.15) is 24.6 Å². The summed E-state index contributed by atoms with van der Waals surface area (Å²) in [7, 11) is 0. The Hall–Kier alpha value is -2.86. The Bertz CT molecular complexity index is 941. The highest BCUT2D eigenvalue weighted by Gasteiger charge is 2.16. The van der Waals surface area contributed by atoms with Gasteiger partial charge in [0.1, 0.15) is 5.82 Å². The predicted octanol–water partition coefficient (Wildman–Crippen LogP) is 4.95. The van der Waals surface area contributed by atoms with Crippen molar-refractivity contribution in [2.75, 3.05) is 6.54 Å². The minimum absolute atomic E-state index is 0.293. The molecule has 0 aliphatic heterocycles. The highest BCUT2D eigenvalue weighted by atomic mass is 35.5. The molecule has 1 amide bonds. The van der Waals surface area contributed by atoms with Crippen LogP contribution in [-0.4, -0.2) is 22.4 Å². The number of aromatic nitrogens is 2. The number of benzene rings is 2. The van der Waals surface area contributed by atoms with Crippen LogP contribution < -0.4 is 10.1 Å². The standard InChI is InChI=1S/C21H21ClFN3O2/c1-2-4-19-20(14-25-26(19)18-9-7-16(22)8-10-18)28-21(27)24-12-11-15-5-3-6-17(23)13-15/h3,5-10,13-14H,2,4,11-12H2,1H3,(H,24,27). The van der Waals surface area contributed by atoms with Crippen LogP contribution in [0.4, 0.5) is 9.18 Å². The maximum atomic E-state index is 13.2. The van der Waals surface area contributed by atoms with Gasteiger partial charge in [-0.15, -0.1) is 0 Å². The zero-order chi connectivity index (χ0) is 19.9. The zero-order valence-electron chi connectivity index (χ0n) is 15.5. The Morgan fingerprint density at radius 3 is 2.71 bits per heavy atom. The number of nitrogens with zero attached hydrogens (tertiary/aromatic N) is 2. The molecule has 0 radical (unpaired) electrons. The third kappa shape index (κ3) is 5.10. The van der Waals surface area contributed by atoms with Crippen molar-refractivity contribution in [1.29, 1.82) is 0 Å². The molecule has 2 aromatic carbocycles. The van der Waals surface area contributed by atoms with Gasteiger partial charge < -0.3 is 10.1 Å². The van der Waals surface area contributed by atoms with E-state index in [-0.39, 0.29) is 5.82 Å². The number of amides is 1. The van der Waals surface area contributed by atoms with Crippen LogP contribution in [0.3, 0.4) is 0 Å². The van der Waals surface area contributed by atoms with Gasteiger partial charge in [-0.3, -0.25) is 0 Å². The number of carbonyl (C=O) groups excluding carboxylic acids is 1. The first kappa shape index (κ1) is 19.9. The Morgan fingerprint density at radius 2 is 2.00 bits per heavy atom. The van der Waals surface area contributed by atoms with E-state index in [1.54, 1.807) is 22.9 Å². The van der Waals surface area contributed by atoms with Gasteiger partial charge in [-0.05, 0) is 54.8 Å². The molecule has 1 heterocycles. The lowest BCUT2D eigenvalue weighted by molar-refractivity contribution is 0.200. The maximum Gasteiger partial charge on any atom is 0.412 e. The molecule has 0 bridgehead atoms. The summed E-state index contributed by atoms with van der Waals surface area (Å²) >= 11 is 5.95. The molecule has 0 aliphatic carbocycles. The van der Waals surface area contributed by atoms with Crippen molar-refractivity contribution in [2.24, 2.45) is 0 Å². The minimum atomic E-state index is -0.565. The zero-order valence-corrected chi connectivity index (χ0v) is 16.2. The lowest BCUT2D eigenvalue weighted by Gasteiger charge is -2.10. The van der Waals surface area contributed by atoms with Crippen molar-refractivity contribution in [1.82, 2.24) is 15.1 Å². The fourth-order valence-electron chi connectivity index (χ4n) is 2.85. The summed E-state index contributed by atoms with van der Waals surface area (Å²) in [4.78, 5) is 12.2. The van der Waals surface area contributed by atoms with Crippen LogP contribution in [0.25, 0.3) is 5.69 Å². The summed E-state index contributed by atoms with van der Waals surface area (Å²) < 4.78 is 20.4. The van der Waals surface area contributed by atoms with Gasteiger partial charge >= 0.3 is 6.09 Å². The number of halogens is 2. The summed E-state index contributed by atoms with van der Waals surface area (Å²) in [5.74, 6) is 0.124. The molecule has 3 aromatic rings. The molecule has 0 saturated carbocycles. The number of carbonyl (C=O) groups is 1. The van der Waals surface area contributed by atoms with Gasteiger partial charge in [-0.2, -0.15) is 5.10 Å². The van der Waals surface area contributed by atoms with Crippen molar-refractivity contribution in [3.8, 4) is 11.4 Å². The molecule has 7 heteroatoms. The van der Waals surface area contributed by atoms with Gasteiger partial charge in [0.25, 0.3) is 0 Å². The average Bonchev–Trinajstić information content (AvgIpc) is 3.05. The number of ether oxygens (including phenoxy) is 1.